The molecule has 5 heteroatoms. The Kier molecular flexibility index (Phi) is 3.52. The number of nitrogens with two attached hydrogens (primary N) is 1. The van der Waals surface area contributed by atoms with Gasteiger partial charge in [-0.1, -0.05) is 12.8 Å². The summed E-state index contributed by atoms with van der Waals surface area (Å²) >= 11 is 0. The fourth-order valence-corrected chi connectivity index (χ4v) is 2.33. The van der Waals surface area contributed by atoms with Crippen molar-refractivity contribution < 1.29 is 4.79 Å². The molecule has 0 aromatic carbocycles. The van der Waals surface area contributed by atoms with Crippen molar-refractivity contribution in [3.63, 3.8) is 0 Å². The third-order valence-electron chi connectivity index (χ3n) is 3.41. The third-order valence-corrected chi connectivity index (χ3v) is 3.41. The summed E-state index contributed by atoms with van der Waals surface area (Å²) < 4.78 is 0. The molecule has 1 heterocycles. The Morgan fingerprint density at radius 3 is 2.72 bits per heavy atom. The van der Waals surface area contributed by atoms with Crippen molar-refractivity contribution in [3.8, 4) is 0 Å². The standard InChI is InChI=1S/C13H20N4O/c1-17(2)11-10(6-5-9-15-11)16-12(18)13(14)7-3-4-8-13/h5-6,9H,3-4,7-8,14H2,1-2H3,(H,16,18). The molecular weight excluding hydrogens is 228 g/mol. The summed E-state index contributed by atoms with van der Waals surface area (Å²) in [4.78, 5) is 18.3. The van der Waals surface area contributed by atoms with Crippen molar-refractivity contribution in [1.29, 1.82) is 0 Å². The van der Waals surface area contributed by atoms with Crippen LogP contribution in [0.1, 0.15) is 25.7 Å². The number of hydrogen-bond acceptors (Lipinski definition) is 4. The maximum absolute atomic E-state index is 12.2. The van der Waals surface area contributed by atoms with Crippen LogP contribution in [0.3, 0.4) is 0 Å². The average Bonchev–Trinajstić information content (AvgIpc) is 2.78. The fraction of sp³-hybridized carbons (Fsp3) is 0.538. The highest BCUT2D eigenvalue weighted by atomic mass is 16.2. The molecule has 0 unspecified atom stereocenters. The minimum absolute atomic E-state index is 0.101. The highest BCUT2D eigenvalue weighted by Gasteiger charge is 2.37. The van der Waals surface area contributed by atoms with Crippen molar-refractivity contribution in [2.45, 2.75) is 31.2 Å². The number of amides is 1. The maximum Gasteiger partial charge on any atom is 0.244 e. The van der Waals surface area contributed by atoms with E-state index in [2.05, 4.69) is 10.3 Å². The van der Waals surface area contributed by atoms with Crippen molar-refractivity contribution >= 4 is 17.4 Å². The Balaban J connectivity index is 2.16. The second kappa shape index (κ2) is 4.94. The van der Waals surface area contributed by atoms with Gasteiger partial charge in [0.25, 0.3) is 0 Å². The minimum atomic E-state index is -0.709. The molecule has 2 rings (SSSR count). The number of rotatable bonds is 3. The van der Waals surface area contributed by atoms with E-state index in [-0.39, 0.29) is 5.91 Å². The van der Waals surface area contributed by atoms with Gasteiger partial charge in [-0.15, -0.1) is 0 Å². The number of carbonyl (C=O) groups is 1. The molecule has 1 aromatic rings. The second-order valence-electron chi connectivity index (χ2n) is 5.09. The Hall–Kier alpha value is -1.62. The van der Waals surface area contributed by atoms with Crippen molar-refractivity contribution in [3.05, 3.63) is 18.3 Å². The highest BCUT2D eigenvalue weighted by Crippen LogP contribution is 2.29. The van der Waals surface area contributed by atoms with Crippen LogP contribution >= 0.6 is 0 Å². The van der Waals surface area contributed by atoms with Crippen molar-refractivity contribution in [2.75, 3.05) is 24.3 Å². The van der Waals surface area contributed by atoms with Gasteiger partial charge in [-0.05, 0) is 25.0 Å². The van der Waals surface area contributed by atoms with Gasteiger partial charge in [-0.2, -0.15) is 0 Å². The van der Waals surface area contributed by atoms with Gasteiger partial charge in [0, 0.05) is 20.3 Å². The first-order valence-corrected chi connectivity index (χ1v) is 6.26. The van der Waals surface area contributed by atoms with Crippen molar-refractivity contribution in [1.82, 2.24) is 4.98 Å². The highest BCUT2D eigenvalue weighted by molar-refractivity contribution is 6.00. The van der Waals surface area contributed by atoms with Crippen LogP contribution in [0.25, 0.3) is 0 Å². The average molecular weight is 248 g/mol. The molecule has 98 valence electrons. The van der Waals surface area contributed by atoms with Crippen LogP contribution in [0.5, 0.6) is 0 Å². The lowest BCUT2D eigenvalue weighted by Crippen LogP contribution is -2.48. The lowest BCUT2D eigenvalue weighted by Gasteiger charge is -2.24. The van der Waals surface area contributed by atoms with Crippen LogP contribution in [-0.4, -0.2) is 30.5 Å². The number of nitrogens with one attached hydrogen (secondary N) is 1. The van der Waals surface area contributed by atoms with E-state index in [0.29, 0.717) is 5.69 Å². The second-order valence-corrected chi connectivity index (χ2v) is 5.09. The van der Waals surface area contributed by atoms with Crippen LogP contribution in [0.2, 0.25) is 0 Å². The zero-order valence-corrected chi connectivity index (χ0v) is 10.9. The van der Waals surface area contributed by atoms with E-state index in [1.165, 1.54) is 0 Å². The van der Waals surface area contributed by atoms with Crippen LogP contribution in [0.15, 0.2) is 18.3 Å². The Morgan fingerprint density at radius 2 is 2.11 bits per heavy atom. The monoisotopic (exact) mass is 248 g/mol. The first-order chi connectivity index (χ1) is 8.53. The van der Waals surface area contributed by atoms with Crippen LogP contribution in [-0.2, 0) is 4.79 Å². The van der Waals surface area contributed by atoms with E-state index in [1.54, 1.807) is 12.3 Å². The number of carbonyl (C=O) groups excluding carboxylic acids is 1. The summed E-state index contributed by atoms with van der Waals surface area (Å²) in [6.45, 7) is 0. The molecule has 0 aliphatic heterocycles. The smallest absolute Gasteiger partial charge is 0.244 e. The van der Waals surface area contributed by atoms with E-state index >= 15 is 0 Å². The first kappa shape index (κ1) is 12.8. The quantitative estimate of drug-likeness (QED) is 0.847. The maximum atomic E-state index is 12.2. The summed E-state index contributed by atoms with van der Waals surface area (Å²) in [5, 5.41) is 2.91. The van der Waals surface area contributed by atoms with E-state index < -0.39 is 5.54 Å². The first-order valence-electron chi connectivity index (χ1n) is 6.26. The van der Waals surface area contributed by atoms with Gasteiger partial charge in [0.2, 0.25) is 5.91 Å². The number of nitrogens with zero attached hydrogens (tertiary/aromatic N) is 2. The van der Waals surface area contributed by atoms with Crippen LogP contribution < -0.4 is 16.0 Å². The number of hydrogen-bond donors (Lipinski definition) is 2. The minimum Gasteiger partial charge on any atom is -0.361 e. The van der Waals surface area contributed by atoms with Crippen LogP contribution in [0.4, 0.5) is 11.5 Å². The zero-order valence-electron chi connectivity index (χ0n) is 10.9. The normalized spacial score (nSPS) is 17.5. The molecule has 5 nitrogen and oxygen atoms in total. The van der Waals surface area contributed by atoms with Gasteiger partial charge in [0.05, 0.1) is 11.2 Å². The van der Waals surface area contributed by atoms with E-state index in [1.807, 2.05) is 25.1 Å². The van der Waals surface area contributed by atoms with E-state index in [9.17, 15) is 4.79 Å². The Bertz CT molecular complexity index is 438. The van der Waals surface area contributed by atoms with E-state index in [4.69, 9.17) is 5.73 Å². The van der Waals surface area contributed by atoms with Crippen molar-refractivity contribution in [2.24, 2.45) is 5.73 Å². The summed E-state index contributed by atoms with van der Waals surface area (Å²) in [6, 6.07) is 3.65. The van der Waals surface area contributed by atoms with Gasteiger partial charge in [-0.25, -0.2) is 4.98 Å². The molecule has 1 aromatic heterocycles. The lowest BCUT2D eigenvalue weighted by atomic mass is 9.98. The summed E-state index contributed by atoms with van der Waals surface area (Å²) in [5.74, 6) is 0.642. The fourth-order valence-electron chi connectivity index (χ4n) is 2.33. The molecule has 3 N–H and O–H groups in total. The lowest BCUT2D eigenvalue weighted by molar-refractivity contribution is -0.121. The van der Waals surface area contributed by atoms with Gasteiger partial charge in [-0.3, -0.25) is 4.79 Å². The van der Waals surface area contributed by atoms with Gasteiger partial charge in [0.15, 0.2) is 5.82 Å². The molecule has 0 bridgehead atoms. The molecule has 1 amide bonds. The van der Waals surface area contributed by atoms with Gasteiger partial charge >= 0.3 is 0 Å². The number of anilines is 2. The molecule has 1 aliphatic rings. The van der Waals surface area contributed by atoms with Crippen LogP contribution in [0, 0.1) is 0 Å². The summed E-state index contributed by atoms with van der Waals surface area (Å²) in [7, 11) is 3.79. The largest absolute Gasteiger partial charge is 0.361 e. The van der Waals surface area contributed by atoms with Gasteiger partial charge in [0.1, 0.15) is 0 Å². The number of pyridine rings is 1. The van der Waals surface area contributed by atoms with Gasteiger partial charge < -0.3 is 16.0 Å². The Labute approximate surface area is 107 Å². The molecule has 0 radical (unpaired) electrons. The molecule has 0 saturated heterocycles. The number of aromatic nitrogens is 1. The summed E-state index contributed by atoms with van der Waals surface area (Å²) in [6.07, 6.45) is 5.28. The third kappa shape index (κ3) is 2.46. The molecule has 1 fully saturated rings. The molecule has 1 aliphatic carbocycles. The molecular formula is C13H20N4O. The predicted molar refractivity (Wildman–Crippen MR) is 72.6 cm³/mol. The topological polar surface area (TPSA) is 71.2 Å². The van der Waals surface area contributed by atoms with E-state index in [0.717, 1.165) is 31.5 Å². The zero-order chi connectivity index (χ0) is 13.2. The molecule has 1 saturated carbocycles. The molecule has 18 heavy (non-hydrogen) atoms. The Morgan fingerprint density at radius 1 is 1.44 bits per heavy atom. The SMILES string of the molecule is CN(C)c1ncccc1NC(=O)C1(N)CCCC1. The molecule has 0 atom stereocenters. The predicted octanol–water partition coefficient (Wildman–Crippen LogP) is 1.36. The molecule has 0 spiro atoms. The summed E-state index contributed by atoms with van der Waals surface area (Å²) in [5.41, 5.74) is 6.13.